The fraction of sp³-hybridized carbons (Fsp3) is 0.333. The molecule has 3 aromatic rings. The quantitative estimate of drug-likeness (QED) is 0.686. The maximum atomic E-state index is 9.29. The van der Waals surface area contributed by atoms with E-state index in [1.54, 1.807) is 11.3 Å². The third kappa shape index (κ3) is 2.71. The number of ether oxygens (including phenoxy) is 1. The smallest absolute Gasteiger partial charge is 0.194 e. The normalized spacial score (nSPS) is 11.1. The Hall–Kier alpha value is -2.32. The van der Waals surface area contributed by atoms with Crippen molar-refractivity contribution in [3.63, 3.8) is 0 Å². The number of benzene rings is 1. The van der Waals surface area contributed by atoms with Gasteiger partial charge in [0.25, 0.3) is 0 Å². The second-order valence-electron chi connectivity index (χ2n) is 5.60. The van der Waals surface area contributed by atoms with Crippen LogP contribution in [-0.2, 0) is 6.42 Å². The van der Waals surface area contributed by atoms with Gasteiger partial charge in [-0.25, -0.2) is 4.98 Å². The van der Waals surface area contributed by atoms with Crippen molar-refractivity contribution >= 4 is 16.3 Å². The van der Waals surface area contributed by atoms with E-state index in [9.17, 15) is 5.26 Å². The Kier molecular flexibility index (Phi) is 4.35. The highest BCUT2D eigenvalue weighted by atomic mass is 32.1. The molecule has 0 radical (unpaired) electrons. The lowest BCUT2D eigenvalue weighted by molar-refractivity contribution is 0.341. The molecular formula is C18H19N3OS. The number of nitrogens with zero attached hydrogens (tertiary/aromatic N) is 3. The molecule has 0 amide bonds. The predicted octanol–water partition coefficient (Wildman–Crippen LogP) is 4.65. The topological polar surface area (TPSA) is 50.3 Å². The Balaban J connectivity index is 2.26. The summed E-state index contributed by atoms with van der Waals surface area (Å²) >= 11 is 1.62. The second-order valence-corrected chi connectivity index (χ2v) is 6.44. The van der Waals surface area contributed by atoms with Crippen molar-refractivity contribution in [1.82, 2.24) is 9.38 Å². The van der Waals surface area contributed by atoms with E-state index in [0.29, 0.717) is 18.9 Å². The molecule has 0 N–H and O–H groups in total. The number of hydrogen-bond donors (Lipinski definition) is 0. The van der Waals surface area contributed by atoms with Crippen molar-refractivity contribution in [2.24, 2.45) is 0 Å². The average molecular weight is 325 g/mol. The third-order valence-corrected chi connectivity index (χ3v) is 4.61. The number of hydrogen-bond acceptors (Lipinski definition) is 4. The standard InChI is InChI=1S/C18H19N3OS/c1-4-22-16-8-6-5-7-13(16)17-14(9-10-19)21-15(12(2)3)11-23-18(21)20-17/h5-8,11-12H,4,9H2,1-3H3. The Morgan fingerprint density at radius 1 is 1.35 bits per heavy atom. The van der Waals surface area contributed by atoms with E-state index in [-0.39, 0.29) is 0 Å². The number of para-hydroxylation sites is 1. The molecule has 0 bridgehead atoms. The number of rotatable bonds is 5. The predicted molar refractivity (Wildman–Crippen MR) is 93.1 cm³/mol. The maximum Gasteiger partial charge on any atom is 0.194 e. The highest BCUT2D eigenvalue weighted by molar-refractivity contribution is 7.15. The van der Waals surface area contributed by atoms with Crippen molar-refractivity contribution in [2.45, 2.75) is 33.1 Å². The van der Waals surface area contributed by atoms with E-state index < -0.39 is 0 Å². The van der Waals surface area contributed by atoms with Gasteiger partial charge in [0.1, 0.15) is 5.75 Å². The highest BCUT2D eigenvalue weighted by Gasteiger charge is 2.21. The van der Waals surface area contributed by atoms with Crippen molar-refractivity contribution in [3.8, 4) is 23.1 Å². The summed E-state index contributed by atoms with van der Waals surface area (Å²) in [5, 5.41) is 11.4. The van der Waals surface area contributed by atoms with Gasteiger partial charge in [-0.1, -0.05) is 26.0 Å². The first kappa shape index (κ1) is 15.6. The lowest BCUT2D eigenvalue weighted by atomic mass is 10.1. The molecule has 0 atom stereocenters. The molecule has 118 valence electrons. The van der Waals surface area contributed by atoms with E-state index in [4.69, 9.17) is 9.72 Å². The summed E-state index contributed by atoms with van der Waals surface area (Å²) in [6.45, 7) is 6.89. The van der Waals surface area contributed by atoms with Crippen LogP contribution in [0.3, 0.4) is 0 Å². The van der Waals surface area contributed by atoms with E-state index in [0.717, 1.165) is 27.7 Å². The van der Waals surface area contributed by atoms with Gasteiger partial charge in [-0.05, 0) is 25.0 Å². The minimum absolute atomic E-state index is 0.327. The monoisotopic (exact) mass is 325 g/mol. The van der Waals surface area contributed by atoms with Crippen molar-refractivity contribution in [2.75, 3.05) is 6.61 Å². The van der Waals surface area contributed by atoms with Gasteiger partial charge < -0.3 is 4.74 Å². The third-order valence-electron chi connectivity index (χ3n) is 3.77. The van der Waals surface area contributed by atoms with Gasteiger partial charge in [0.15, 0.2) is 4.96 Å². The molecule has 2 heterocycles. The zero-order valence-electron chi connectivity index (χ0n) is 13.5. The first-order chi connectivity index (χ1) is 11.2. The van der Waals surface area contributed by atoms with Gasteiger partial charge in [0.2, 0.25) is 0 Å². The Bertz CT molecular complexity index is 870. The average Bonchev–Trinajstić information content (AvgIpc) is 3.09. The van der Waals surface area contributed by atoms with Crippen LogP contribution in [-0.4, -0.2) is 16.0 Å². The van der Waals surface area contributed by atoms with Gasteiger partial charge in [-0.3, -0.25) is 4.40 Å². The van der Waals surface area contributed by atoms with Crippen LogP contribution < -0.4 is 4.74 Å². The van der Waals surface area contributed by atoms with E-state index in [1.165, 1.54) is 5.69 Å². The zero-order chi connectivity index (χ0) is 16.4. The first-order valence-corrected chi connectivity index (χ1v) is 8.63. The van der Waals surface area contributed by atoms with Crippen molar-refractivity contribution < 1.29 is 4.74 Å². The maximum absolute atomic E-state index is 9.29. The molecule has 1 aromatic carbocycles. The molecule has 2 aromatic heterocycles. The minimum Gasteiger partial charge on any atom is -0.493 e. The number of aromatic nitrogens is 2. The minimum atomic E-state index is 0.327. The molecule has 5 heteroatoms. The molecule has 4 nitrogen and oxygen atoms in total. The molecular weight excluding hydrogens is 306 g/mol. The van der Waals surface area contributed by atoms with Crippen LogP contribution in [0.5, 0.6) is 5.75 Å². The Morgan fingerprint density at radius 3 is 2.83 bits per heavy atom. The lowest BCUT2D eigenvalue weighted by Crippen LogP contribution is -2.00. The summed E-state index contributed by atoms with van der Waals surface area (Å²) in [5.74, 6) is 1.19. The number of imidazole rings is 1. The lowest BCUT2D eigenvalue weighted by Gasteiger charge is -2.10. The molecule has 0 fully saturated rings. The molecule has 3 rings (SSSR count). The van der Waals surface area contributed by atoms with Crippen LogP contribution in [0, 0.1) is 11.3 Å². The van der Waals surface area contributed by atoms with Crippen molar-refractivity contribution in [1.29, 1.82) is 5.26 Å². The summed E-state index contributed by atoms with van der Waals surface area (Å²) in [6, 6.07) is 10.2. The summed E-state index contributed by atoms with van der Waals surface area (Å²) in [6.07, 6.45) is 0.327. The number of fused-ring (bicyclic) bond motifs is 1. The van der Waals surface area contributed by atoms with E-state index in [2.05, 4.69) is 29.7 Å². The summed E-state index contributed by atoms with van der Waals surface area (Å²) in [4.78, 5) is 5.73. The number of thiazole rings is 1. The molecule has 0 unspecified atom stereocenters. The zero-order valence-corrected chi connectivity index (χ0v) is 14.4. The summed E-state index contributed by atoms with van der Waals surface area (Å²) in [5.41, 5.74) is 3.94. The van der Waals surface area contributed by atoms with Crippen LogP contribution in [0.2, 0.25) is 0 Å². The molecule has 0 saturated heterocycles. The van der Waals surface area contributed by atoms with Gasteiger partial charge in [0.05, 0.1) is 30.5 Å². The van der Waals surface area contributed by atoms with Gasteiger partial charge in [-0.2, -0.15) is 5.26 Å². The van der Waals surface area contributed by atoms with Gasteiger partial charge >= 0.3 is 0 Å². The number of nitriles is 1. The molecule has 0 saturated carbocycles. The molecule has 0 aliphatic heterocycles. The Morgan fingerprint density at radius 2 is 2.13 bits per heavy atom. The summed E-state index contributed by atoms with van der Waals surface area (Å²) < 4.78 is 7.88. The van der Waals surface area contributed by atoms with Crippen LogP contribution >= 0.6 is 11.3 Å². The molecule has 0 spiro atoms. The van der Waals surface area contributed by atoms with E-state index in [1.807, 2.05) is 31.2 Å². The molecule has 0 aliphatic carbocycles. The molecule has 23 heavy (non-hydrogen) atoms. The Labute approximate surface area is 140 Å². The molecule has 0 aliphatic rings. The first-order valence-electron chi connectivity index (χ1n) is 7.75. The SMILES string of the molecule is CCOc1ccccc1-c1nc2scc(C(C)C)n2c1CC#N. The van der Waals surface area contributed by atoms with Gasteiger partial charge in [-0.15, -0.1) is 11.3 Å². The van der Waals surface area contributed by atoms with Crippen LogP contribution in [0.25, 0.3) is 16.2 Å². The van der Waals surface area contributed by atoms with Crippen LogP contribution in [0.15, 0.2) is 29.6 Å². The second kappa shape index (κ2) is 6.43. The highest BCUT2D eigenvalue weighted by Crippen LogP contribution is 2.35. The fourth-order valence-corrected chi connectivity index (χ4v) is 3.80. The fourth-order valence-electron chi connectivity index (χ4n) is 2.73. The van der Waals surface area contributed by atoms with Gasteiger partial charge in [0, 0.05) is 16.6 Å². The van der Waals surface area contributed by atoms with E-state index >= 15 is 0 Å². The van der Waals surface area contributed by atoms with Crippen LogP contribution in [0.4, 0.5) is 0 Å². The summed E-state index contributed by atoms with van der Waals surface area (Å²) in [7, 11) is 0. The van der Waals surface area contributed by atoms with Crippen LogP contribution in [0.1, 0.15) is 38.1 Å². The largest absolute Gasteiger partial charge is 0.493 e. The van der Waals surface area contributed by atoms with Crippen molar-refractivity contribution in [3.05, 3.63) is 41.0 Å².